The summed E-state index contributed by atoms with van der Waals surface area (Å²) >= 11 is 0. The highest BCUT2D eigenvalue weighted by Gasteiger charge is 2.03. The van der Waals surface area contributed by atoms with Gasteiger partial charge in [-0.2, -0.15) is 0 Å². The molecule has 0 spiro atoms. The Balaban J connectivity index is 3.01. The molecule has 0 radical (unpaired) electrons. The average Bonchev–Trinajstić information content (AvgIpc) is 2.11. The second-order valence-corrected chi connectivity index (χ2v) is 4.70. The highest BCUT2D eigenvalue weighted by Crippen LogP contribution is 2.05. The standard InChI is InChI=1S/C9H14N2O2S/c1-7-8(10)3-4-9(12)11(7)5-6-14(2)13/h3-4H,5-6,10H2,1-2H3. The number of pyridine rings is 1. The molecular weight excluding hydrogens is 200 g/mol. The Morgan fingerprint density at radius 1 is 1.50 bits per heavy atom. The van der Waals surface area contributed by atoms with E-state index in [0.717, 1.165) is 5.69 Å². The average molecular weight is 214 g/mol. The summed E-state index contributed by atoms with van der Waals surface area (Å²) in [6, 6.07) is 3.03. The van der Waals surface area contributed by atoms with Crippen LogP contribution in [0.15, 0.2) is 16.9 Å². The number of nitrogens with two attached hydrogens (primary N) is 1. The van der Waals surface area contributed by atoms with Crippen LogP contribution in [0.1, 0.15) is 5.69 Å². The van der Waals surface area contributed by atoms with E-state index >= 15 is 0 Å². The van der Waals surface area contributed by atoms with Gasteiger partial charge in [-0.25, -0.2) is 0 Å². The molecule has 1 heterocycles. The number of nitrogen functional groups attached to an aromatic ring is 1. The highest BCUT2D eigenvalue weighted by atomic mass is 32.2. The summed E-state index contributed by atoms with van der Waals surface area (Å²) in [7, 11) is -0.890. The zero-order valence-electron chi connectivity index (χ0n) is 8.32. The fourth-order valence-corrected chi connectivity index (χ4v) is 1.63. The van der Waals surface area contributed by atoms with Crippen LogP contribution in [0.25, 0.3) is 0 Å². The summed E-state index contributed by atoms with van der Waals surface area (Å²) in [6.45, 7) is 2.24. The summed E-state index contributed by atoms with van der Waals surface area (Å²) in [6.07, 6.45) is 1.62. The van der Waals surface area contributed by atoms with E-state index in [-0.39, 0.29) is 5.56 Å². The van der Waals surface area contributed by atoms with Crippen LogP contribution >= 0.6 is 0 Å². The predicted molar refractivity (Wildman–Crippen MR) is 58.8 cm³/mol. The van der Waals surface area contributed by atoms with Crippen molar-refractivity contribution in [3.8, 4) is 0 Å². The Labute approximate surface area is 85.2 Å². The first-order chi connectivity index (χ1) is 6.52. The van der Waals surface area contributed by atoms with Crippen molar-refractivity contribution >= 4 is 16.5 Å². The molecule has 0 fully saturated rings. The van der Waals surface area contributed by atoms with Crippen LogP contribution in [0.3, 0.4) is 0 Å². The van der Waals surface area contributed by atoms with Gasteiger partial charge in [0, 0.05) is 41.1 Å². The number of hydrogen-bond acceptors (Lipinski definition) is 3. The van der Waals surface area contributed by atoms with Gasteiger partial charge in [0.25, 0.3) is 5.56 Å². The van der Waals surface area contributed by atoms with Crippen LogP contribution in [0.2, 0.25) is 0 Å². The van der Waals surface area contributed by atoms with Crippen LogP contribution in [-0.2, 0) is 17.3 Å². The lowest BCUT2D eigenvalue weighted by Crippen LogP contribution is -2.24. The number of hydrogen-bond donors (Lipinski definition) is 1. The fraction of sp³-hybridized carbons (Fsp3) is 0.444. The third kappa shape index (κ3) is 2.45. The summed E-state index contributed by atoms with van der Waals surface area (Å²) in [5.74, 6) is 0.476. The van der Waals surface area contributed by atoms with Crippen molar-refractivity contribution in [3.63, 3.8) is 0 Å². The molecule has 0 saturated heterocycles. The van der Waals surface area contributed by atoms with E-state index in [4.69, 9.17) is 5.73 Å². The first-order valence-corrected chi connectivity index (χ1v) is 6.01. The summed E-state index contributed by atoms with van der Waals surface area (Å²) in [5, 5.41) is 0. The van der Waals surface area contributed by atoms with E-state index in [1.54, 1.807) is 23.8 Å². The minimum absolute atomic E-state index is 0.0952. The molecule has 0 amide bonds. The molecule has 2 N–H and O–H groups in total. The summed E-state index contributed by atoms with van der Waals surface area (Å²) in [4.78, 5) is 11.4. The van der Waals surface area contributed by atoms with Crippen molar-refractivity contribution in [1.29, 1.82) is 0 Å². The molecule has 1 aromatic heterocycles. The van der Waals surface area contributed by atoms with E-state index < -0.39 is 10.8 Å². The number of nitrogens with zero attached hydrogens (tertiary/aromatic N) is 1. The van der Waals surface area contributed by atoms with Crippen LogP contribution in [0, 0.1) is 6.92 Å². The lowest BCUT2D eigenvalue weighted by molar-refractivity contribution is 0.667. The van der Waals surface area contributed by atoms with Gasteiger partial charge in [0.15, 0.2) is 0 Å². The zero-order valence-corrected chi connectivity index (χ0v) is 9.13. The van der Waals surface area contributed by atoms with Gasteiger partial charge in [-0.15, -0.1) is 0 Å². The Morgan fingerprint density at radius 2 is 2.14 bits per heavy atom. The van der Waals surface area contributed by atoms with E-state index in [2.05, 4.69) is 0 Å². The molecule has 1 unspecified atom stereocenters. The maximum atomic E-state index is 11.4. The maximum Gasteiger partial charge on any atom is 0.250 e. The van der Waals surface area contributed by atoms with Crippen LogP contribution in [0.4, 0.5) is 5.69 Å². The zero-order chi connectivity index (χ0) is 10.7. The van der Waals surface area contributed by atoms with Gasteiger partial charge in [0.2, 0.25) is 0 Å². The molecule has 0 aliphatic heterocycles. The normalized spacial score (nSPS) is 12.7. The Morgan fingerprint density at radius 3 is 2.71 bits per heavy atom. The van der Waals surface area contributed by atoms with Crippen molar-refractivity contribution in [2.45, 2.75) is 13.5 Å². The summed E-state index contributed by atoms with van der Waals surface area (Å²) < 4.78 is 12.4. The molecular formula is C9H14N2O2S. The molecule has 0 aromatic carbocycles. The lowest BCUT2D eigenvalue weighted by atomic mass is 10.3. The third-order valence-corrected chi connectivity index (χ3v) is 2.85. The Kier molecular flexibility index (Phi) is 3.46. The van der Waals surface area contributed by atoms with Gasteiger partial charge >= 0.3 is 0 Å². The van der Waals surface area contributed by atoms with Gasteiger partial charge in [-0.05, 0) is 13.0 Å². The van der Waals surface area contributed by atoms with E-state index in [1.807, 2.05) is 0 Å². The van der Waals surface area contributed by atoms with Gasteiger partial charge in [-0.1, -0.05) is 0 Å². The van der Waals surface area contributed by atoms with E-state index in [0.29, 0.717) is 18.0 Å². The highest BCUT2D eigenvalue weighted by molar-refractivity contribution is 7.84. The second-order valence-electron chi connectivity index (χ2n) is 3.14. The molecule has 1 rings (SSSR count). The lowest BCUT2D eigenvalue weighted by Gasteiger charge is -2.10. The monoisotopic (exact) mass is 214 g/mol. The number of anilines is 1. The minimum atomic E-state index is -0.890. The second kappa shape index (κ2) is 4.41. The molecule has 1 atom stereocenters. The first-order valence-electron chi connectivity index (χ1n) is 4.28. The molecule has 0 saturated carbocycles. The van der Waals surface area contributed by atoms with Crippen LogP contribution in [0.5, 0.6) is 0 Å². The molecule has 5 heteroatoms. The molecule has 4 nitrogen and oxygen atoms in total. The predicted octanol–water partition coefficient (Wildman–Crippen LogP) is 0.117. The third-order valence-electron chi connectivity index (χ3n) is 2.10. The minimum Gasteiger partial charge on any atom is -0.397 e. The van der Waals surface area contributed by atoms with Crippen molar-refractivity contribution < 1.29 is 4.21 Å². The van der Waals surface area contributed by atoms with Crippen LogP contribution < -0.4 is 11.3 Å². The molecule has 0 aliphatic carbocycles. The maximum absolute atomic E-state index is 11.4. The smallest absolute Gasteiger partial charge is 0.250 e. The molecule has 14 heavy (non-hydrogen) atoms. The first kappa shape index (κ1) is 11.0. The quantitative estimate of drug-likeness (QED) is 0.777. The van der Waals surface area contributed by atoms with Crippen molar-refractivity contribution in [1.82, 2.24) is 4.57 Å². The van der Waals surface area contributed by atoms with Crippen molar-refractivity contribution in [2.24, 2.45) is 0 Å². The topological polar surface area (TPSA) is 65.1 Å². The molecule has 1 aromatic rings. The largest absolute Gasteiger partial charge is 0.397 e. The SMILES string of the molecule is Cc1c(N)ccc(=O)n1CCS(C)=O. The number of aromatic nitrogens is 1. The fourth-order valence-electron chi connectivity index (χ4n) is 1.19. The van der Waals surface area contributed by atoms with E-state index in [1.165, 1.54) is 6.07 Å². The van der Waals surface area contributed by atoms with Gasteiger partial charge in [0.1, 0.15) is 0 Å². The van der Waals surface area contributed by atoms with Gasteiger partial charge in [-0.3, -0.25) is 9.00 Å². The van der Waals surface area contributed by atoms with Crippen LogP contribution in [-0.4, -0.2) is 20.8 Å². The molecule has 78 valence electrons. The van der Waals surface area contributed by atoms with Crippen molar-refractivity contribution in [2.75, 3.05) is 17.7 Å². The molecule has 0 aliphatic rings. The summed E-state index contributed by atoms with van der Waals surface area (Å²) in [5.41, 5.74) is 6.89. The Bertz CT molecular complexity index is 412. The number of rotatable bonds is 3. The van der Waals surface area contributed by atoms with Gasteiger partial charge < -0.3 is 10.3 Å². The molecule has 0 bridgehead atoms. The van der Waals surface area contributed by atoms with Crippen molar-refractivity contribution in [3.05, 3.63) is 28.2 Å². The Hall–Kier alpha value is -1.10. The van der Waals surface area contributed by atoms with Gasteiger partial charge in [0.05, 0.1) is 5.69 Å². The van der Waals surface area contributed by atoms with E-state index in [9.17, 15) is 9.00 Å².